The van der Waals surface area contributed by atoms with Crippen LogP contribution in [-0.4, -0.2) is 41.4 Å². The van der Waals surface area contributed by atoms with E-state index in [0.29, 0.717) is 24.7 Å². The van der Waals surface area contributed by atoms with Gasteiger partial charge in [0.15, 0.2) is 5.82 Å². The van der Waals surface area contributed by atoms with Crippen LogP contribution in [-0.2, 0) is 16.1 Å². The van der Waals surface area contributed by atoms with Crippen molar-refractivity contribution >= 4 is 5.97 Å². The summed E-state index contributed by atoms with van der Waals surface area (Å²) in [5.41, 5.74) is 0.550. The smallest absolute Gasteiger partial charge is 0.339 e. The number of aryl methyl sites for hydroxylation is 1. The van der Waals surface area contributed by atoms with Crippen LogP contribution < -0.4 is 0 Å². The van der Waals surface area contributed by atoms with Crippen LogP contribution in [0, 0.1) is 6.92 Å². The van der Waals surface area contributed by atoms with Crippen molar-refractivity contribution in [2.24, 2.45) is 0 Å². The topological polar surface area (TPSA) is 81.5 Å². The number of aromatic nitrogens is 2. The summed E-state index contributed by atoms with van der Waals surface area (Å²) in [5.74, 6) is -0.553. The van der Waals surface area contributed by atoms with Gasteiger partial charge in [0.1, 0.15) is 6.61 Å². The Bertz CT molecular complexity index is 368. The van der Waals surface area contributed by atoms with Gasteiger partial charge in [-0.2, -0.15) is 0 Å². The van der Waals surface area contributed by atoms with Gasteiger partial charge in [-0.25, -0.2) is 14.8 Å². The highest BCUT2D eigenvalue weighted by Crippen LogP contribution is 2.04. The normalized spacial score (nSPS) is 10.4. The molecule has 0 radical (unpaired) electrons. The van der Waals surface area contributed by atoms with Crippen molar-refractivity contribution in [3.8, 4) is 0 Å². The molecule has 1 aromatic rings. The molecule has 0 fully saturated rings. The van der Waals surface area contributed by atoms with Gasteiger partial charge < -0.3 is 14.6 Å². The van der Waals surface area contributed by atoms with E-state index < -0.39 is 5.97 Å². The predicted octanol–water partition coefficient (Wildman–Crippen LogP) is 0.646. The highest BCUT2D eigenvalue weighted by Gasteiger charge is 2.09. The average molecular weight is 226 g/mol. The average Bonchev–Trinajstić information content (AvgIpc) is 2.24. The summed E-state index contributed by atoms with van der Waals surface area (Å²) >= 11 is 0. The summed E-state index contributed by atoms with van der Waals surface area (Å²) in [5, 5.41) is 8.77. The lowest BCUT2D eigenvalue weighted by Gasteiger charge is -2.04. The van der Waals surface area contributed by atoms with Gasteiger partial charge in [-0.1, -0.05) is 0 Å². The third-order valence-corrected chi connectivity index (χ3v) is 1.92. The van der Waals surface area contributed by atoms with Crippen molar-refractivity contribution in [1.29, 1.82) is 0 Å². The number of hydrogen-bond acceptors (Lipinski definition) is 5. The summed E-state index contributed by atoms with van der Waals surface area (Å²) in [6.07, 6.45) is 1.29. The molecular weight excluding hydrogens is 212 g/mol. The van der Waals surface area contributed by atoms with Gasteiger partial charge in [0.05, 0.1) is 24.5 Å². The third-order valence-electron chi connectivity index (χ3n) is 1.92. The van der Waals surface area contributed by atoms with E-state index in [1.54, 1.807) is 14.0 Å². The minimum Gasteiger partial charge on any atom is -0.478 e. The Balaban J connectivity index is 2.56. The van der Waals surface area contributed by atoms with Crippen LogP contribution in [0.3, 0.4) is 0 Å². The second-order valence-corrected chi connectivity index (χ2v) is 3.14. The lowest BCUT2D eigenvalue weighted by atomic mass is 10.2. The molecule has 1 aromatic heterocycles. The van der Waals surface area contributed by atoms with Crippen LogP contribution in [0.15, 0.2) is 6.20 Å². The summed E-state index contributed by atoms with van der Waals surface area (Å²) in [6.45, 7) is 2.85. The number of nitrogens with zero attached hydrogens (tertiary/aromatic N) is 2. The number of hydrogen-bond donors (Lipinski definition) is 1. The van der Waals surface area contributed by atoms with Gasteiger partial charge in [0, 0.05) is 13.3 Å². The van der Waals surface area contributed by atoms with E-state index in [1.165, 1.54) is 6.20 Å². The highest BCUT2D eigenvalue weighted by atomic mass is 16.5. The number of methoxy groups -OCH3 is 1. The maximum Gasteiger partial charge on any atom is 0.339 e. The number of ether oxygens (including phenoxy) is 2. The molecule has 1 N–H and O–H groups in total. The quantitative estimate of drug-likeness (QED) is 0.717. The van der Waals surface area contributed by atoms with Crippen molar-refractivity contribution in [2.45, 2.75) is 13.5 Å². The first-order valence-corrected chi connectivity index (χ1v) is 4.77. The summed E-state index contributed by atoms with van der Waals surface area (Å²) < 4.78 is 10.0. The molecule has 1 heterocycles. The molecule has 0 saturated heterocycles. The SMILES string of the molecule is COCCOCc1ncc(C(=O)O)c(C)n1. The van der Waals surface area contributed by atoms with Gasteiger partial charge in [-0.3, -0.25) is 0 Å². The van der Waals surface area contributed by atoms with Crippen LogP contribution in [0.25, 0.3) is 0 Å². The van der Waals surface area contributed by atoms with E-state index >= 15 is 0 Å². The number of rotatable bonds is 6. The van der Waals surface area contributed by atoms with E-state index in [1.807, 2.05) is 0 Å². The Morgan fingerprint density at radius 3 is 2.81 bits per heavy atom. The molecule has 16 heavy (non-hydrogen) atoms. The molecule has 0 atom stereocenters. The van der Waals surface area contributed by atoms with E-state index in [9.17, 15) is 4.79 Å². The lowest BCUT2D eigenvalue weighted by molar-refractivity contribution is 0.0583. The Morgan fingerprint density at radius 2 is 2.25 bits per heavy atom. The molecule has 0 aliphatic rings. The number of carboxylic acids is 1. The maximum absolute atomic E-state index is 10.7. The van der Waals surface area contributed by atoms with E-state index in [4.69, 9.17) is 14.6 Å². The molecule has 0 unspecified atom stereocenters. The van der Waals surface area contributed by atoms with Crippen LogP contribution in [0.1, 0.15) is 21.9 Å². The third kappa shape index (κ3) is 3.56. The molecule has 0 saturated carbocycles. The molecule has 1 rings (SSSR count). The predicted molar refractivity (Wildman–Crippen MR) is 55.3 cm³/mol. The Hall–Kier alpha value is -1.53. The summed E-state index contributed by atoms with van der Waals surface area (Å²) in [4.78, 5) is 18.6. The molecule has 6 heteroatoms. The Morgan fingerprint density at radius 1 is 1.50 bits per heavy atom. The number of aromatic carboxylic acids is 1. The zero-order valence-electron chi connectivity index (χ0n) is 9.27. The largest absolute Gasteiger partial charge is 0.478 e. The molecule has 0 aromatic carbocycles. The van der Waals surface area contributed by atoms with Crippen LogP contribution >= 0.6 is 0 Å². The zero-order chi connectivity index (χ0) is 12.0. The summed E-state index contributed by atoms with van der Waals surface area (Å²) in [6, 6.07) is 0. The molecule has 0 bridgehead atoms. The second-order valence-electron chi connectivity index (χ2n) is 3.14. The standard InChI is InChI=1S/C10H14N2O4/c1-7-8(10(13)14)5-11-9(12-7)6-16-4-3-15-2/h5H,3-4,6H2,1-2H3,(H,13,14). The van der Waals surface area contributed by atoms with Crippen molar-refractivity contribution in [3.63, 3.8) is 0 Å². The number of carboxylic acid groups (broad SMARTS) is 1. The first-order valence-electron chi connectivity index (χ1n) is 4.77. The van der Waals surface area contributed by atoms with E-state index in [2.05, 4.69) is 9.97 Å². The lowest BCUT2D eigenvalue weighted by Crippen LogP contribution is -2.08. The molecule has 0 spiro atoms. The van der Waals surface area contributed by atoms with Crippen LogP contribution in [0.2, 0.25) is 0 Å². The van der Waals surface area contributed by atoms with Crippen molar-refractivity contribution in [1.82, 2.24) is 9.97 Å². The Kier molecular flexibility index (Phi) is 4.81. The highest BCUT2D eigenvalue weighted by molar-refractivity contribution is 5.88. The molecule has 88 valence electrons. The monoisotopic (exact) mass is 226 g/mol. The fraction of sp³-hybridized carbons (Fsp3) is 0.500. The second kappa shape index (κ2) is 6.14. The van der Waals surface area contributed by atoms with Crippen molar-refractivity contribution in [2.75, 3.05) is 20.3 Å². The van der Waals surface area contributed by atoms with E-state index in [0.717, 1.165) is 0 Å². The van der Waals surface area contributed by atoms with E-state index in [-0.39, 0.29) is 12.2 Å². The fourth-order valence-corrected chi connectivity index (χ4v) is 1.10. The number of carbonyl (C=O) groups is 1. The van der Waals surface area contributed by atoms with Crippen molar-refractivity contribution < 1.29 is 19.4 Å². The van der Waals surface area contributed by atoms with Crippen molar-refractivity contribution in [3.05, 3.63) is 23.3 Å². The minimum atomic E-state index is -1.02. The Labute approximate surface area is 93.2 Å². The fourth-order valence-electron chi connectivity index (χ4n) is 1.10. The van der Waals surface area contributed by atoms with Gasteiger partial charge in [-0.15, -0.1) is 0 Å². The first-order chi connectivity index (χ1) is 7.65. The first kappa shape index (κ1) is 12.5. The van der Waals surface area contributed by atoms with Crippen LogP contribution in [0.5, 0.6) is 0 Å². The molecule has 0 aliphatic carbocycles. The zero-order valence-corrected chi connectivity index (χ0v) is 9.27. The molecule has 0 aliphatic heterocycles. The van der Waals surface area contributed by atoms with Gasteiger partial charge >= 0.3 is 5.97 Å². The summed E-state index contributed by atoms with van der Waals surface area (Å²) in [7, 11) is 1.59. The molecule has 0 amide bonds. The van der Waals surface area contributed by atoms with Gasteiger partial charge in [-0.05, 0) is 6.92 Å². The molecule has 6 nitrogen and oxygen atoms in total. The van der Waals surface area contributed by atoms with Gasteiger partial charge in [0.25, 0.3) is 0 Å². The van der Waals surface area contributed by atoms with Crippen LogP contribution in [0.4, 0.5) is 0 Å². The minimum absolute atomic E-state index is 0.112. The maximum atomic E-state index is 10.7. The van der Waals surface area contributed by atoms with Gasteiger partial charge in [0.2, 0.25) is 0 Å². The molecular formula is C10H14N2O4.